The Balaban J connectivity index is 0.561. The highest BCUT2D eigenvalue weighted by atomic mass is 32.1. The van der Waals surface area contributed by atoms with Crippen molar-refractivity contribution in [3.63, 3.8) is 0 Å². The monoisotopic (exact) mass is 1430 g/mol. The Bertz CT molecular complexity index is 7920. The van der Waals surface area contributed by atoms with Crippen LogP contribution in [0, 0.1) is 0 Å². The first-order valence-corrected chi connectivity index (χ1v) is 40.3. The van der Waals surface area contributed by atoms with E-state index < -0.39 is 0 Å². The van der Waals surface area contributed by atoms with E-state index in [0.29, 0.717) is 0 Å². The quantitative estimate of drug-likeness (QED) is 0.140. The first kappa shape index (κ1) is 60.6. The fraction of sp³-hybridized carbons (Fsp3) is 0. The third kappa shape index (κ3) is 9.13. The fourth-order valence-corrected chi connectivity index (χ4v) is 23.5. The van der Waals surface area contributed by atoms with Gasteiger partial charge in [0.1, 0.15) is 0 Å². The van der Waals surface area contributed by atoms with Crippen LogP contribution < -0.4 is 0 Å². The van der Waals surface area contributed by atoms with Crippen LogP contribution in [0.5, 0.6) is 0 Å². The van der Waals surface area contributed by atoms with Gasteiger partial charge in [-0.15, -0.1) is 45.3 Å². The summed E-state index contributed by atoms with van der Waals surface area (Å²) in [4.78, 5) is 0. The molecule has 0 nitrogen and oxygen atoms in total. The van der Waals surface area contributed by atoms with E-state index in [9.17, 15) is 0 Å². The van der Waals surface area contributed by atoms with Crippen molar-refractivity contribution < 1.29 is 0 Å². The highest BCUT2D eigenvalue weighted by Crippen LogP contribution is 2.53. The SMILES string of the molecule is c1ccc2cc(-c3c4ccccc4c(-c4ccc(-c5ccc6c(c5)sc5cc7sc8ccc9cc(-c%10cc%11ccccc%11c%11c%10sc%10c%11ccc%11c%12ccc(-c%13ccc(-c%14c%15ccccc%15c(-c%15ccc%16ccccc%16c%15)c%15ccccc%14%15)cc%13)cc%12sc%11%10)ccc9c8c7cc56)cc4)c4ccccc34)ccc2c1. The van der Waals surface area contributed by atoms with Gasteiger partial charge in [-0.25, -0.2) is 0 Å². The molecule has 0 radical (unpaired) electrons. The van der Waals surface area contributed by atoms with E-state index in [2.05, 4.69) is 352 Å². The molecule has 0 aliphatic carbocycles. The van der Waals surface area contributed by atoms with Crippen molar-refractivity contribution in [2.75, 3.05) is 0 Å². The molecule has 0 atom stereocenters. The molecule has 24 aromatic rings. The molecule has 498 valence electrons. The van der Waals surface area contributed by atoms with Crippen LogP contribution in [0.2, 0.25) is 0 Å². The fourth-order valence-electron chi connectivity index (χ4n) is 18.4. The van der Waals surface area contributed by atoms with Crippen LogP contribution in [0.3, 0.4) is 0 Å². The van der Waals surface area contributed by atoms with E-state index in [1.54, 1.807) is 0 Å². The highest BCUT2D eigenvalue weighted by molar-refractivity contribution is 7.34. The molecular formula is C104H58S4. The summed E-state index contributed by atoms with van der Waals surface area (Å²) >= 11 is 7.74. The first-order valence-electron chi connectivity index (χ1n) is 37.1. The summed E-state index contributed by atoms with van der Waals surface area (Å²) in [6.45, 7) is 0. The number of benzene rings is 20. The van der Waals surface area contributed by atoms with Crippen LogP contribution in [0.15, 0.2) is 352 Å². The molecule has 0 N–H and O–H groups in total. The highest BCUT2D eigenvalue weighted by Gasteiger charge is 2.24. The molecule has 0 aliphatic rings. The maximum Gasteiger partial charge on any atom is 0.0534 e. The molecule has 4 aromatic heterocycles. The van der Waals surface area contributed by atoms with Gasteiger partial charge in [-0.1, -0.05) is 297 Å². The summed E-state index contributed by atoms with van der Waals surface area (Å²) in [6, 6.07) is 133. The van der Waals surface area contributed by atoms with Gasteiger partial charge < -0.3 is 0 Å². The second-order valence-electron chi connectivity index (χ2n) is 29.2. The van der Waals surface area contributed by atoms with Crippen molar-refractivity contribution in [2.45, 2.75) is 0 Å². The summed E-state index contributed by atoms with van der Waals surface area (Å²) < 4.78 is 10.7. The lowest BCUT2D eigenvalue weighted by Crippen LogP contribution is -1.91. The Morgan fingerprint density at radius 2 is 0.491 bits per heavy atom. The Labute approximate surface area is 636 Å². The Hall–Kier alpha value is -12.6. The van der Waals surface area contributed by atoms with Gasteiger partial charge in [0, 0.05) is 76.9 Å². The van der Waals surface area contributed by atoms with Gasteiger partial charge in [0.15, 0.2) is 0 Å². The molecular weight excluding hydrogens is 1380 g/mol. The molecule has 0 spiro atoms. The lowest BCUT2D eigenvalue weighted by atomic mass is 9.85. The summed E-state index contributed by atoms with van der Waals surface area (Å²) in [5.41, 5.74) is 17.5. The van der Waals surface area contributed by atoms with Crippen LogP contribution in [-0.4, -0.2) is 0 Å². The van der Waals surface area contributed by atoms with Gasteiger partial charge >= 0.3 is 0 Å². The summed E-state index contributed by atoms with van der Waals surface area (Å²) in [6.07, 6.45) is 0. The van der Waals surface area contributed by atoms with Gasteiger partial charge in [0.2, 0.25) is 0 Å². The zero-order valence-electron chi connectivity index (χ0n) is 58.1. The molecule has 4 heteroatoms. The largest absolute Gasteiger partial charge is 0.135 e. The Morgan fingerprint density at radius 3 is 1.05 bits per heavy atom. The maximum absolute atomic E-state index is 2.50. The smallest absolute Gasteiger partial charge is 0.0534 e. The van der Waals surface area contributed by atoms with E-state index in [0.717, 1.165) is 0 Å². The van der Waals surface area contributed by atoms with Crippen molar-refractivity contribution >= 4 is 212 Å². The minimum Gasteiger partial charge on any atom is -0.135 e. The zero-order chi connectivity index (χ0) is 70.4. The van der Waals surface area contributed by atoms with Crippen molar-refractivity contribution in [1.82, 2.24) is 0 Å². The minimum absolute atomic E-state index is 1.22. The predicted molar refractivity (Wildman–Crippen MR) is 476 cm³/mol. The van der Waals surface area contributed by atoms with Crippen molar-refractivity contribution in [2.24, 2.45) is 0 Å². The predicted octanol–water partition coefficient (Wildman–Crippen LogP) is 32.1. The van der Waals surface area contributed by atoms with Crippen LogP contribution in [-0.2, 0) is 0 Å². The third-order valence-corrected chi connectivity index (χ3v) is 28.2. The Kier molecular flexibility index (Phi) is 13.1. The second kappa shape index (κ2) is 23.4. The van der Waals surface area contributed by atoms with E-state index >= 15 is 0 Å². The number of thiophene rings is 4. The van der Waals surface area contributed by atoms with Crippen LogP contribution >= 0.6 is 45.3 Å². The number of hydrogen-bond acceptors (Lipinski definition) is 4. The molecule has 108 heavy (non-hydrogen) atoms. The molecule has 0 unspecified atom stereocenters. The molecule has 0 bridgehead atoms. The minimum atomic E-state index is 1.22. The van der Waals surface area contributed by atoms with E-state index in [1.807, 2.05) is 45.3 Å². The Morgan fingerprint density at radius 1 is 0.139 bits per heavy atom. The topological polar surface area (TPSA) is 0 Å². The van der Waals surface area contributed by atoms with Crippen molar-refractivity contribution in [3.8, 4) is 77.9 Å². The van der Waals surface area contributed by atoms with Crippen LogP contribution in [0.4, 0.5) is 0 Å². The van der Waals surface area contributed by atoms with E-state index in [1.165, 1.54) is 245 Å². The molecule has 0 fully saturated rings. The van der Waals surface area contributed by atoms with Gasteiger partial charge in [-0.05, 0) is 213 Å². The van der Waals surface area contributed by atoms with Crippen LogP contribution in [0.25, 0.3) is 245 Å². The molecule has 0 aliphatic heterocycles. The molecule has 24 rings (SSSR count). The summed E-state index contributed by atoms with van der Waals surface area (Å²) in [5, 5.41) is 30.9. The number of hydrogen-bond donors (Lipinski definition) is 0. The normalized spacial score (nSPS) is 12.3. The summed E-state index contributed by atoms with van der Waals surface area (Å²) in [7, 11) is 0. The molecule has 0 saturated heterocycles. The number of fused-ring (bicyclic) bond motifs is 23. The zero-order valence-corrected chi connectivity index (χ0v) is 61.4. The van der Waals surface area contributed by atoms with Gasteiger partial charge in [0.05, 0.1) is 9.40 Å². The molecule has 4 heterocycles. The van der Waals surface area contributed by atoms with Gasteiger partial charge in [0.25, 0.3) is 0 Å². The third-order valence-electron chi connectivity index (χ3n) is 23.4. The molecule has 20 aromatic carbocycles. The lowest BCUT2D eigenvalue weighted by Gasteiger charge is -2.18. The second-order valence-corrected chi connectivity index (χ2v) is 33.4. The maximum atomic E-state index is 2.50. The van der Waals surface area contributed by atoms with Crippen molar-refractivity contribution in [1.29, 1.82) is 0 Å². The first-order chi connectivity index (χ1) is 53.5. The molecule has 0 saturated carbocycles. The average molecular weight is 1440 g/mol. The van der Waals surface area contributed by atoms with Crippen molar-refractivity contribution in [3.05, 3.63) is 352 Å². The van der Waals surface area contributed by atoms with E-state index in [-0.39, 0.29) is 0 Å². The van der Waals surface area contributed by atoms with Gasteiger partial charge in [-0.2, -0.15) is 0 Å². The standard InChI is InChI=1S/C104H58S4/c1-3-17-65-51-72(39-33-59(65)15-1)98-82-25-11-7-21-78(82)96(79-22-8-12-26-83(79)98)63-35-29-61(30-36-63)67-42-47-77-89-57-90-95(58-94(89)106-92(77)55-67)105-91-50-44-70-53-71(43-45-75(70)100(90)91)88-54-69-19-5-6-20-74(69)101-87-49-48-86-76-46-41-68(56-93(76)107-103(86)104(87)108-102(88)101)62-31-37-64(38-32-62)97-80-23-9-13-27-84(80)99(85-28-14-10-24-81(85)97)73-40-34-60-16-2-4-18-66(60)52-73/h1-58H. The summed E-state index contributed by atoms with van der Waals surface area (Å²) in [5.74, 6) is 0. The van der Waals surface area contributed by atoms with Gasteiger partial charge in [-0.3, -0.25) is 0 Å². The van der Waals surface area contributed by atoms with E-state index in [4.69, 9.17) is 0 Å². The van der Waals surface area contributed by atoms with Crippen LogP contribution in [0.1, 0.15) is 0 Å². The molecule has 0 amide bonds. The average Bonchev–Trinajstić information content (AvgIpc) is 1.42. The lowest BCUT2D eigenvalue weighted by molar-refractivity contribution is 1.63. The number of rotatable bonds is 7.